The molecule has 2 aromatic carbocycles. The number of benzene rings is 2. The molecule has 0 aromatic heterocycles. The van der Waals surface area contributed by atoms with Crippen LogP contribution in [0.15, 0.2) is 36.4 Å². The molecule has 2 aromatic rings. The van der Waals surface area contributed by atoms with E-state index >= 15 is 0 Å². The Hall–Kier alpha value is -2.48. The molecule has 2 atom stereocenters. The maximum atomic E-state index is 13.2. The minimum atomic E-state index is -5.18. The zero-order valence-corrected chi connectivity index (χ0v) is 17.7. The van der Waals surface area contributed by atoms with Crippen LogP contribution in [0.3, 0.4) is 0 Å². The van der Waals surface area contributed by atoms with Crippen molar-refractivity contribution in [3.63, 3.8) is 0 Å². The molecule has 0 fully saturated rings. The summed E-state index contributed by atoms with van der Waals surface area (Å²) in [6, 6.07) is 1.14. The van der Waals surface area contributed by atoms with Gasteiger partial charge in [0.1, 0.15) is 0 Å². The number of halogens is 12. The standard InChI is InChI=1S/C21H16F12O2/c1-34-16(10-3-12(18(22,23)24)7-13(4-10)19(25,26)27)9-17(35-2)11-5-14(20(28,29)30)8-15(6-11)21(31,32)33/h3-8,16-17H,9H2,1-2H3. The highest BCUT2D eigenvalue weighted by atomic mass is 19.4. The van der Waals surface area contributed by atoms with Gasteiger partial charge in [0.05, 0.1) is 34.5 Å². The van der Waals surface area contributed by atoms with Crippen LogP contribution in [-0.4, -0.2) is 14.2 Å². The Balaban J connectivity index is 2.58. The smallest absolute Gasteiger partial charge is 0.377 e. The molecule has 2 rings (SSSR count). The molecule has 0 N–H and O–H groups in total. The topological polar surface area (TPSA) is 18.5 Å². The molecule has 0 saturated heterocycles. The van der Waals surface area contributed by atoms with Crippen molar-refractivity contribution >= 4 is 0 Å². The maximum absolute atomic E-state index is 13.2. The fourth-order valence-corrected chi connectivity index (χ4v) is 3.26. The molecular weight excluding hydrogens is 512 g/mol. The van der Waals surface area contributed by atoms with Crippen LogP contribution in [0.5, 0.6) is 0 Å². The molecule has 0 bridgehead atoms. The average molecular weight is 528 g/mol. The van der Waals surface area contributed by atoms with Crippen LogP contribution < -0.4 is 0 Å². The quantitative estimate of drug-likeness (QED) is 0.352. The summed E-state index contributed by atoms with van der Waals surface area (Å²) in [5.41, 5.74) is -7.98. The lowest BCUT2D eigenvalue weighted by molar-refractivity contribution is -0.144. The van der Waals surface area contributed by atoms with Gasteiger partial charge in [0.15, 0.2) is 0 Å². The normalized spacial score (nSPS) is 15.3. The van der Waals surface area contributed by atoms with Gasteiger partial charge < -0.3 is 9.47 Å². The molecule has 2 nitrogen and oxygen atoms in total. The van der Waals surface area contributed by atoms with Gasteiger partial charge in [-0.1, -0.05) is 0 Å². The van der Waals surface area contributed by atoms with Gasteiger partial charge in [0, 0.05) is 20.6 Å². The van der Waals surface area contributed by atoms with Gasteiger partial charge in [-0.05, 0) is 47.5 Å². The maximum Gasteiger partial charge on any atom is 0.416 e. The van der Waals surface area contributed by atoms with Gasteiger partial charge in [0.2, 0.25) is 0 Å². The van der Waals surface area contributed by atoms with E-state index in [4.69, 9.17) is 9.47 Å². The van der Waals surface area contributed by atoms with E-state index in [0.717, 1.165) is 14.2 Å². The largest absolute Gasteiger partial charge is 0.416 e. The average Bonchev–Trinajstić information content (AvgIpc) is 2.71. The number of rotatable bonds is 6. The van der Waals surface area contributed by atoms with Gasteiger partial charge in [-0.25, -0.2) is 0 Å². The van der Waals surface area contributed by atoms with Crippen molar-refractivity contribution in [1.29, 1.82) is 0 Å². The van der Waals surface area contributed by atoms with Gasteiger partial charge >= 0.3 is 24.7 Å². The number of hydrogen-bond acceptors (Lipinski definition) is 2. The molecule has 14 heteroatoms. The van der Waals surface area contributed by atoms with Crippen molar-refractivity contribution in [1.82, 2.24) is 0 Å². The molecule has 0 aliphatic rings. The summed E-state index contributed by atoms with van der Waals surface area (Å²) in [6.45, 7) is 0. The summed E-state index contributed by atoms with van der Waals surface area (Å²) in [6.07, 6.45) is -24.7. The summed E-state index contributed by atoms with van der Waals surface area (Å²) in [7, 11) is 1.80. The highest BCUT2D eigenvalue weighted by Crippen LogP contribution is 2.42. The molecule has 196 valence electrons. The predicted octanol–water partition coefficient (Wildman–Crippen LogP) is 8.23. The summed E-state index contributed by atoms with van der Waals surface area (Å²) in [5, 5.41) is 0. The van der Waals surface area contributed by atoms with E-state index < -0.39 is 76.7 Å². The molecule has 0 heterocycles. The molecule has 0 amide bonds. The number of alkyl halides is 12. The van der Waals surface area contributed by atoms with Crippen LogP contribution in [0.1, 0.15) is 52.0 Å². The van der Waals surface area contributed by atoms with Crippen molar-refractivity contribution in [2.24, 2.45) is 0 Å². The van der Waals surface area contributed by atoms with Crippen molar-refractivity contribution in [3.05, 3.63) is 69.8 Å². The minimum Gasteiger partial charge on any atom is -0.377 e. The van der Waals surface area contributed by atoms with Crippen molar-refractivity contribution in [3.8, 4) is 0 Å². The van der Waals surface area contributed by atoms with Gasteiger partial charge in [-0.15, -0.1) is 0 Å². The first kappa shape index (κ1) is 28.8. The molecule has 0 saturated carbocycles. The number of methoxy groups -OCH3 is 2. The van der Waals surface area contributed by atoms with Crippen LogP contribution in [0.2, 0.25) is 0 Å². The Kier molecular flexibility index (Phi) is 8.12. The summed E-state index contributed by atoms with van der Waals surface area (Å²) in [4.78, 5) is 0. The van der Waals surface area contributed by atoms with Crippen LogP contribution in [-0.2, 0) is 34.2 Å². The Morgan fingerprint density at radius 3 is 0.886 bits per heavy atom. The van der Waals surface area contributed by atoms with E-state index in [0.29, 0.717) is 24.3 Å². The summed E-state index contributed by atoms with van der Waals surface area (Å²) >= 11 is 0. The lowest BCUT2D eigenvalue weighted by atomic mass is 9.93. The molecule has 0 aliphatic heterocycles. The van der Waals surface area contributed by atoms with Crippen LogP contribution in [0, 0.1) is 0 Å². The second-order valence-electron chi connectivity index (χ2n) is 7.36. The number of ether oxygens (including phenoxy) is 2. The fourth-order valence-electron chi connectivity index (χ4n) is 3.26. The first-order valence-electron chi connectivity index (χ1n) is 9.41. The highest BCUT2D eigenvalue weighted by molar-refractivity contribution is 5.37. The first-order chi connectivity index (χ1) is 15.8. The molecular formula is C21H16F12O2. The van der Waals surface area contributed by atoms with Crippen molar-refractivity contribution in [2.45, 2.75) is 43.3 Å². The van der Waals surface area contributed by atoms with Crippen LogP contribution in [0.4, 0.5) is 52.7 Å². The molecule has 0 aliphatic carbocycles. The first-order valence-corrected chi connectivity index (χ1v) is 9.41. The Morgan fingerprint density at radius 2 is 0.714 bits per heavy atom. The molecule has 2 unspecified atom stereocenters. The van der Waals surface area contributed by atoms with E-state index in [1.165, 1.54) is 0 Å². The Bertz CT molecular complexity index is 873. The fraction of sp³-hybridized carbons (Fsp3) is 0.429. The molecule has 0 radical (unpaired) electrons. The third kappa shape index (κ3) is 7.26. The predicted molar refractivity (Wildman–Crippen MR) is 97.0 cm³/mol. The number of hydrogen-bond donors (Lipinski definition) is 0. The third-order valence-corrected chi connectivity index (χ3v) is 4.96. The summed E-state index contributed by atoms with van der Waals surface area (Å²) in [5.74, 6) is 0. The zero-order valence-electron chi connectivity index (χ0n) is 17.7. The second kappa shape index (κ2) is 9.88. The SMILES string of the molecule is COC(CC(OC)c1cc(C(F)(F)F)cc(C(F)(F)F)c1)c1cc(C(F)(F)F)cc(C(F)(F)F)c1. The van der Waals surface area contributed by atoms with Gasteiger partial charge in [-0.3, -0.25) is 0 Å². The third-order valence-electron chi connectivity index (χ3n) is 4.96. The van der Waals surface area contributed by atoms with E-state index in [1.54, 1.807) is 0 Å². The van der Waals surface area contributed by atoms with Gasteiger partial charge in [0.25, 0.3) is 0 Å². The minimum absolute atomic E-state index is 0.133. The van der Waals surface area contributed by atoms with Gasteiger partial charge in [-0.2, -0.15) is 52.7 Å². The van der Waals surface area contributed by atoms with Crippen molar-refractivity contribution < 1.29 is 62.2 Å². The van der Waals surface area contributed by atoms with E-state index in [1.807, 2.05) is 0 Å². The van der Waals surface area contributed by atoms with E-state index in [2.05, 4.69) is 0 Å². The summed E-state index contributed by atoms with van der Waals surface area (Å²) < 4.78 is 168. The molecule has 35 heavy (non-hydrogen) atoms. The monoisotopic (exact) mass is 528 g/mol. The van der Waals surface area contributed by atoms with E-state index in [9.17, 15) is 52.7 Å². The van der Waals surface area contributed by atoms with Crippen LogP contribution in [0.25, 0.3) is 0 Å². The van der Waals surface area contributed by atoms with Crippen LogP contribution >= 0.6 is 0 Å². The second-order valence-corrected chi connectivity index (χ2v) is 7.36. The van der Waals surface area contributed by atoms with Crippen molar-refractivity contribution in [2.75, 3.05) is 14.2 Å². The highest BCUT2D eigenvalue weighted by Gasteiger charge is 2.39. The van der Waals surface area contributed by atoms with E-state index in [-0.39, 0.29) is 12.1 Å². The lowest BCUT2D eigenvalue weighted by Crippen LogP contribution is -2.17. The Morgan fingerprint density at radius 1 is 0.486 bits per heavy atom. The lowest BCUT2D eigenvalue weighted by Gasteiger charge is -2.25. The Labute approximate surface area is 190 Å². The zero-order chi connectivity index (χ0) is 27.0. The molecule has 0 spiro atoms.